The highest BCUT2D eigenvalue weighted by Crippen LogP contribution is 2.55. The Morgan fingerprint density at radius 2 is 1.72 bits per heavy atom. The SMILES string of the molecule is COC(=O)[C@@]12C[C@@H](CC(=O)NCc3ccccc3)C(=O)N(Cc3cccc4ccccc34)C1=CCC(C)(C)C2. The first-order chi connectivity index (χ1) is 18.7. The number of ether oxygens (including phenoxy) is 1. The fourth-order valence-corrected chi connectivity index (χ4v) is 6.41. The van der Waals surface area contributed by atoms with Crippen molar-refractivity contribution in [3.63, 3.8) is 0 Å². The molecule has 0 bridgehead atoms. The van der Waals surface area contributed by atoms with E-state index in [1.807, 2.05) is 54.6 Å². The average molecular weight is 525 g/mol. The fraction of sp³-hybridized carbons (Fsp3) is 0.364. The van der Waals surface area contributed by atoms with Gasteiger partial charge in [0, 0.05) is 24.6 Å². The Hall–Kier alpha value is -3.93. The molecule has 0 aromatic heterocycles. The first-order valence-corrected chi connectivity index (χ1v) is 13.6. The van der Waals surface area contributed by atoms with Crippen molar-refractivity contribution in [2.45, 2.75) is 52.6 Å². The van der Waals surface area contributed by atoms with Gasteiger partial charge in [0.15, 0.2) is 0 Å². The van der Waals surface area contributed by atoms with Gasteiger partial charge in [-0.05, 0) is 46.6 Å². The molecule has 6 nitrogen and oxygen atoms in total. The highest BCUT2D eigenvalue weighted by atomic mass is 16.5. The molecular formula is C33H36N2O4. The molecule has 2 amide bonds. The molecule has 0 saturated carbocycles. The van der Waals surface area contributed by atoms with E-state index >= 15 is 0 Å². The van der Waals surface area contributed by atoms with Gasteiger partial charge in [-0.1, -0.05) is 92.7 Å². The van der Waals surface area contributed by atoms with E-state index in [-0.39, 0.29) is 36.0 Å². The smallest absolute Gasteiger partial charge is 0.317 e. The van der Waals surface area contributed by atoms with Crippen LogP contribution in [0, 0.1) is 16.7 Å². The zero-order chi connectivity index (χ0) is 27.6. The van der Waals surface area contributed by atoms with Crippen LogP contribution in [0.4, 0.5) is 0 Å². The number of esters is 1. The van der Waals surface area contributed by atoms with Gasteiger partial charge in [-0.3, -0.25) is 14.4 Å². The minimum absolute atomic E-state index is 0.0180. The molecule has 1 aliphatic carbocycles. The van der Waals surface area contributed by atoms with Gasteiger partial charge in [0.05, 0.1) is 13.7 Å². The molecule has 6 heteroatoms. The zero-order valence-corrected chi connectivity index (χ0v) is 22.9. The van der Waals surface area contributed by atoms with E-state index in [9.17, 15) is 14.4 Å². The van der Waals surface area contributed by atoms with Crippen LogP contribution < -0.4 is 5.32 Å². The first kappa shape index (κ1) is 26.7. The lowest BCUT2D eigenvalue weighted by Crippen LogP contribution is -2.55. The Kier molecular flexibility index (Phi) is 7.30. The molecule has 1 fully saturated rings. The van der Waals surface area contributed by atoms with Gasteiger partial charge < -0.3 is 15.0 Å². The molecule has 0 unspecified atom stereocenters. The van der Waals surface area contributed by atoms with Crippen LogP contribution >= 0.6 is 0 Å². The maximum Gasteiger partial charge on any atom is 0.317 e. The first-order valence-electron chi connectivity index (χ1n) is 13.6. The average Bonchev–Trinajstić information content (AvgIpc) is 2.94. The van der Waals surface area contributed by atoms with Crippen LogP contribution in [0.3, 0.4) is 0 Å². The number of likely N-dealkylation sites (tertiary alicyclic amines) is 1. The summed E-state index contributed by atoms with van der Waals surface area (Å²) in [5.41, 5.74) is 1.57. The van der Waals surface area contributed by atoms with Gasteiger partial charge in [-0.15, -0.1) is 0 Å². The van der Waals surface area contributed by atoms with Crippen LogP contribution in [0.1, 0.15) is 50.7 Å². The van der Waals surface area contributed by atoms with Crippen molar-refractivity contribution in [3.8, 4) is 0 Å². The number of allylic oxidation sites excluding steroid dienone is 1. The van der Waals surface area contributed by atoms with Crippen LogP contribution in [0.15, 0.2) is 84.6 Å². The minimum Gasteiger partial charge on any atom is -0.468 e. The predicted molar refractivity (Wildman–Crippen MR) is 151 cm³/mol. The lowest BCUT2D eigenvalue weighted by atomic mass is 9.59. The molecule has 3 aromatic rings. The highest BCUT2D eigenvalue weighted by Gasteiger charge is 2.57. The number of amides is 2. The summed E-state index contributed by atoms with van der Waals surface area (Å²) in [5, 5.41) is 5.12. The molecule has 2 aliphatic rings. The Labute approximate surface area is 230 Å². The predicted octanol–water partition coefficient (Wildman–Crippen LogP) is 5.76. The third-order valence-corrected chi connectivity index (χ3v) is 8.17. The largest absolute Gasteiger partial charge is 0.468 e. The van der Waals surface area contributed by atoms with E-state index in [4.69, 9.17) is 4.74 Å². The van der Waals surface area contributed by atoms with Crippen molar-refractivity contribution in [3.05, 3.63) is 95.7 Å². The molecular weight excluding hydrogens is 488 g/mol. The maximum atomic E-state index is 14.1. The van der Waals surface area contributed by atoms with Crippen molar-refractivity contribution in [2.24, 2.45) is 16.7 Å². The van der Waals surface area contributed by atoms with Gasteiger partial charge in [0.25, 0.3) is 0 Å². The number of hydrogen-bond acceptors (Lipinski definition) is 4. The lowest BCUT2D eigenvalue weighted by molar-refractivity contribution is -0.162. The van der Waals surface area contributed by atoms with E-state index in [0.29, 0.717) is 25.2 Å². The molecule has 1 saturated heterocycles. The summed E-state index contributed by atoms with van der Waals surface area (Å²) in [6.45, 7) is 4.99. The number of benzene rings is 3. The van der Waals surface area contributed by atoms with Gasteiger partial charge in [0.1, 0.15) is 5.41 Å². The van der Waals surface area contributed by atoms with Crippen LogP contribution in [-0.2, 0) is 32.2 Å². The number of carbonyl (C=O) groups excluding carboxylic acids is 3. The maximum absolute atomic E-state index is 14.1. The molecule has 0 spiro atoms. The second-order valence-corrected chi connectivity index (χ2v) is 11.6. The van der Waals surface area contributed by atoms with Crippen LogP contribution in [0.25, 0.3) is 10.8 Å². The Bertz CT molecular complexity index is 1420. The Morgan fingerprint density at radius 3 is 2.49 bits per heavy atom. The number of nitrogens with zero attached hydrogens (tertiary/aromatic N) is 1. The highest BCUT2D eigenvalue weighted by molar-refractivity contribution is 5.93. The third-order valence-electron chi connectivity index (χ3n) is 8.17. The topological polar surface area (TPSA) is 75.7 Å². The van der Waals surface area contributed by atoms with Gasteiger partial charge in [-0.2, -0.15) is 0 Å². The number of methoxy groups -OCH3 is 1. The standard InChI is InChI=1S/C33H36N2O4/c1-32(2)17-16-28-33(22-32,31(38)39-3)19-26(18-29(36)34-20-23-10-5-4-6-11-23)30(37)35(28)21-25-14-9-13-24-12-7-8-15-27(24)25/h4-16,26H,17-22H2,1-3H3,(H,34,36)/t26-,33-/m1/s1. The van der Waals surface area contributed by atoms with Crippen molar-refractivity contribution in [1.82, 2.24) is 10.2 Å². The molecule has 3 aromatic carbocycles. The number of hydrogen-bond donors (Lipinski definition) is 1. The number of fused-ring (bicyclic) bond motifs is 2. The van der Waals surface area contributed by atoms with Crippen molar-refractivity contribution in [1.29, 1.82) is 0 Å². The normalized spacial score (nSPS) is 22.1. The van der Waals surface area contributed by atoms with Gasteiger partial charge in [-0.25, -0.2) is 0 Å². The lowest BCUT2D eigenvalue weighted by Gasteiger charge is -2.51. The van der Waals surface area contributed by atoms with Crippen molar-refractivity contribution in [2.75, 3.05) is 7.11 Å². The summed E-state index contributed by atoms with van der Waals surface area (Å²) in [5.74, 6) is -1.30. The Balaban J connectivity index is 1.50. The quantitative estimate of drug-likeness (QED) is 0.399. The van der Waals surface area contributed by atoms with Gasteiger partial charge >= 0.3 is 5.97 Å². The molecule has 5 rings (SSSR count). The fourth-order valence-electron chi connectivity index (χ4n) is 6.41. The van der Waals surface area contributed by atoms with E-state index in [1.54, 1.807) is 4.90 Å². The summed E-state index contributed by atoms with van der Waals surface area (Å²) in [6, 6.07) is 23.9. The number of piperidine rings is 1. The van der Waals surface area contributed by atoms with E-state index in [0.717, 1.165) is 28.3 Å². The van der Waals surface area contributed by atoms with Crippen molar-refractivity contribution >= 4 is 28.6 Å². The summed E-state index contributed by atoms with van der Waals surface area (Å²) in [7, 11) is 1.41. The number of carbonyl (C=O) groups is 3. The monoisotopic (exact) mass is 524 g/mol. The number of nitrogens with one attached hydrogen (secondary N) is 1. The third kappa shape index (κ3) is 5.33. The Morgan fingerprint density at radius 1 is 1.00 bits per heavy atom. The summed E-state index contributed by atoms with van der Waals surface area (Å²) in [4.78, 5) is 42.5. The van der Waals surface area contributed by atoms with Gasteiger partial charge in [0.2, 0.25) is 11.8 Å². The molecule has 39 heavy (non-hydrogen) atoms. The summed E-state index contributed by atoms with van der Waals surface area (Å²) >= 11 is 0. The van der Waals surface area contributed by atoms with E-state index in [2.05, 4.69) is 43.4 Å². The van der Waals surface area contributed by atoms with E-state index < -0.39 is 11.3 Å². The summed E-state index contributed by atoms with van der Waals surface area (Å²) < 4.78 is 5.39. The molecule has 1 heterocycles. The van der Waals surface area contributed by atoms with Crippen molar-refractivity contribution < 1.29 is 19.1 Å². The molecule has 1 aliphatic heterocycles. The number of rotatable bonds is 7. The van der Waals surface area contributed by atoms with Crippen LogP contribution in [0.2, 0.25) is 0 Å². The second-order valence-electron chi connectivity index (χ2n) is 11.6. The molecule has 2 atom stereocenters. The van der Waals surface area contributed by atoms with E-state index in [1.165, 1.54) is 7.11 Å². The zero-order valence-electron chi connectivity index (χ0n) is 22.9. The van der Waals surface area contributed by atoms with Crippen LogP contribution in [0.5, 0.6) is 0 Å². The molecule has 202 valence electrons. The minimum atomic E-state index is -0.987. The molecule has 0 radical (unpaired) electrons. The summed E-state index contributed by atoms with van der Waals surface area (Å²) in [6.07, 6.45) is 3.64. The van der Waals surface area contributed by atoms with Crippen LogP contribution in [-0.4, -0.2) is 29.8 Å². The molecule has 1 N–H and O–H groups in total. The second kappa shape index (κ2) is 10.7.